The third-order valence-corrected chi connectivity index (χ3v) is 6.07. The van der Waals surface area contributed by atoms with E-state index in [0.717, 1.165) is 48.2 Å². The van der Waals surface area contributed by atoms with E-state index in [9.17, 15) is 9.18 Å². The summed E-state index contributed by atoms with van der Waals surface area (Å²) in [4.78, 5) is 13.2. The summed E-state index contributed by atoms with van der Waals surface area (Å²) in [6.07, 6.45) is 5.30. The minimum Gasteiger partial charge on any atom is -0.305 e. The Morgan fingerprint density at radius 1 is 1.06 bits per heavy atom. The molecule has 1 aliphatic carbocycles. The van der Waals surface area contributed by atoms with Crippen LogP contribution in [0.15, 0.2) is 60.8 Å². The number of hydrogen-bond acceptors (Lipinski definition) is 3. The molecule has 8 heteroatoms. The number of carbonyl (C=O) groups excluding carboxylic acids is 1. The highest BCUT2D eigenvalue weighted by Gasteiger charge is 2.26. The molecule has 1 N–H and O–H groups in total. The predicted octanol–water partition coefficient (Wildman–Crippen LogP) is 5.04. The fraction of sp³-hybridized carbons (Fsp3) is 0.208. The lowest BCUT2D eigenvalue weighted by atomic mass is 9.95. The van der Waals surface area contributed by atoms with Gasteiger partial charge in [-0.3, -0.25) is 4.79 Å². The fourth-order valence-electron chi connectivity index (χ4n) is 4.11. The molecule has 2 aromatic carbocycles. The smallest absolute Gasteiger partial charge is 0.277 e. The molecule has 32 heavy (non-hydrogen) atoms. The van der Waals surface area contributed by atoms with Gasteiger partial charge in [0.25, 0.3) is 5.91 Å². The molecular formula is C24H21ClFN5O. The summed E-state index contributed by atoms with van der Waals surface area (Å²) in [5.41, 5.74) is 4.01. The molecule has 4 aromatic rings. The number of hydrogen-bond donors (Lipinski definition) is 1. The highest BCUT2D eigenvalue weighted by atomic mass is 35.5. The van der Waals surface area contributed by atoms with Gasteiger partial charge in [0.05, 0.1) is 18.4 Å². The second-order valence-corrected chi connectivity index (χ2v) is 8.20. The molecule has 162 valence electrons. The lowest BCUT2D eigenvalue weighted by molar-refractivity contribution is 0.102. The van der Waals surface area contributed by atoms with Gasteiger partial charge in [0.15, 0.2) is 5.69 Å². The fourth-order valence-corrected chi connectivity index (χ4v) is 4.30. The number of nitrogens with one attached hydrogen (secondary N) is 1. The second-order valence-electron chi connectivity index (χ2n) is 7.79. The topological polar surface area (TPSA) is 64.7 Å². The Morgan fingerprint density at radius 2 is 1.84 bits per heavy atom. The van der Waals surface area contributed by atoms with E-state index in [1.165, 1.54) is 12.1 Å². The summed E-state index contributed by atoms with van der Waals surface area (Å²) in [6.45, 7) is 0.435. The molecule has 6 nitrogen and oxygen atoms in total. The van der Waals surface area contributed by atoms with Gasteiger partial charge in [0.2, 0.25) is 0 Å². The van der Waals surface area contributed by atoms with Crippen LogP contribution in [0.2, 0.25) is 5.02 Å². The second kappa shape index (κ2) is 8.59. The Labute approximate surface area is 189 Å². The maximum absolute atomic E-state index is 13.4. The number of aromatic nitrogens is 4. The number of carbonyl (C=O) groups is 1. The zero-order chi connectivity index (χ0) is 22.1. The molecule has 0 bridgehead atoms. The molecule has 0 fully saturated rings. The summed E-state index contributed by atoms with van der Waals surface area (Å²) in [5.74, 6) is -0.0275. The van der Waals surface area contributed by atoms with E-state index in [1.54, 1.807) is 33.8 Å². The van der Waals surface area contributed by atoms with Gasteiger partial charge in [-0.15, -0.1) is 0 Å². The number of fused-ring (bicyclic) bond motifs is 1. The lowest BCUT2D eigenvalue weighted by Gasteiger charge is -2.14. The van der Waals surface area contributed by atoms with E-state index >= 15 is 0 Å². The third kappa shape index (κ3) is 3.91. The van der Waals surface area contributed by atoms with Crippen molar-refractivity contribution in [2.45, 2.75) is 32.2 Å². The van der Waals surface area contributed by atoms with E-state index in [2.05, 4.69) is 15.5 Å². The highest BCUT2D eigenvalue weighted by molar-refractivity contribution is 6.31. The van der Waals surface area contributed by atoms with E-state index in [4.69, 9.17) is 11.6 Å². The zero-order valence-corrected chi connectivity index (χ0v) is 18.0. The minimum absolute atomic E-state index is 0.287. The molecule has 5 rings (SSSR count). The summed E-state index contributed by atoms with van der Waals surface area (Å²) >= 11 is 6.28. The van der Waals surface area contributed by atoms with Gasteiger partial charge >= 0.3 is 0 Å². The van der Waals surface area contributed by atoms with E-state index in [1.807, 2.05) is 24.3 Å². The van der Waals surface area contributed by atoms with Gasteiger partial charge < -0.3 is 5.32 Å². The first-order valence-corrected chi connectivity index (χ1v) is 10.9. The van der Waals surface area contributed by atoms with Gasteiger partial charge in [-0.1, -0.05) is 29.8 Å². The Morgan fingerprint density at radius 3 is 2.66 bits per heavy atom. The van der Waals surface area contributed by atoms with Crippen LogP contribution in [0.4, 0.5) is 10.2 Å². The number of halogens is 2. The number of anilines is 1. The van der Waals surface area contributed by atoms with Crippen molar-refractivity contribution >= 4 is 23.3 Å². The van der Waals surface area contributed by atoms with Crippen LogP contribution in [0.25, 0.3) is 5.69 Å². The van der Waals surface area contributed by atoms with Crippen LogP contribution in [0.3, 0.4) is 0 Å². The number of amides is 1. The molecule has 0 radical (unpaired) electrons. The van der Waals surface area contributed by atoms with Crippen LogP contribution >= 0.6 is 11.6 Å². The lowest BCUT2D eigenvalue weighted by Crippen LogP contribution is -2.18. The van der Waals surface area contributed by atoms with Gasteiger partial charge in [-0.05, 0) is 61.6 Å². The maximum Gasteiger partial charge on any atom is 0.277 e. The zero-order valence-electron chi connectivity index (χ0n) is 17.3. The van der Waals surface area contributed by atoms with Crippen molar-refractivity contribution in [1.29, 1.82) is 0 Å². The quantitative estimate of drug-likeness (QED) is 0.464. The van der Waals surface area contributed by atoms with Gasteiger partial charge in [-0.25, -0.2) is 13.8 Å². The first-order chi connectivity index (χ1) is 15.6. The summed E-state index contributed by atoms with van der Waals surface area (Å²) in [6, 6.07) is 15.4. The first-order valence-electron chi connectivity index (χ1n) is 10.5. The van der Waals surface area contributed by atoms with E-state index < -0.39 is 0 Å². The summed E-state index contributed by atoms with van der Waals surface area (Å²) in [7, 11) is 0. The molecule has 0 saturated carbocycles. The Hall–Kier alpha value is -3.45. The minimum atomic E-state index is -0.306. The highest BCUT2D eigenvalue weighted by Crippen LogP contribution is 2.28. The van der Waals surface area contributed by atoms with Crippen molar-refractivity contribution in [3.63, 3.8) is 0 Å². The monoisotopic (exact) mass is 449 g/mol. The number of nitrogens with zero attached hydrogens (tertiary/aromatic N) is 4. The Kier molecular flexibility index (Phi) is 5.49. The molecule has 0 spiro atoms. The average molecular weight is 450 g/mol. The Bertz CT molecular complexity index is 1280. The number of benzene rings is 2. The summed E-state index contributed by atoms with van der Waals surface area (Å²) in [5, 5.41) is 12.6. The largest absolute Gasteiger partial charge is 0.305 e. The van der Waals surface area contributed by atoms with Crippen LogP contribution in [-0.2, 0) is 19.4 Å². The molecule has 2 heterocycles. The van der Waals surface area contributed by atoms with Crippen LogP contribution < -0.4 is 5.32 Å². The predicted molar refractivity (Wildman–Crippen MR) is 121 cm³/mol. The van der Waals surface area contributed by atoms with Gasteiger partial charge in [0, 0.05) is 22.3 Å². The summed E-state index contributed by atoms with van der Waals surface area (Å²) < 4.78 is 16.9. The van der Waals surface area contributed by atoms with Crippen LogP contribution in [0.1, 0.15) is 40.2 Å². The van der Waals surface area contributed by atoms with Gasteiger partial charge in [0.1, 0.15) is 11.6 Å². The normalized spacial score (nSPS) is 13.1. The van der Waals surface area contributed by atoms with Crippen molar-refractivity contribution in [1.82, 2.24) is 19.6 Å². The van der Waals surface area contributed by atoms with E-state index in [0.29, 0.717) is 23.1 Å². The van der Waals surface area contributed by atoms with Crippen LogP contribution in [0, 0.1) is 5.82 Å². The molecule has 1 aliphatic rings. The molecule has 2 aromatic heterocycles. The first kappa shape index (κ1) is 20.5. The molecular weight excluding hydrogens is 429 g/mol. The van der Waals surface area contributed by atoms with Crippen molar-refractivity contribution in [2.75, 3.05) is 5.32 Å². The van der Waals surface area contributed by atoms with E-state index in [-0.39, 0.29) is 11.7 Å². The molecule has 0 atom stereocenters. The number of rotatable bonds is 5. The molecule has 0 saturated heterocycles. The van der Waals surface area contributed by atoms with Crippen molar-refractivity contribution in [3.05, 3.63) is 94.1 Å². The molecule has 0 aliphatic heterocycles. The maximum atomic E-state index is 13.4. The van der Waals surface area contributed by atoms with Crippen molar-refractivity contribution in [3.8, 4) is 5.69 Å². The van der Waals surface area contributed by atoms with Crippen molar-refractivity contribution in [2.24, 2.45) is 0 Å². The SMILES string of the molecule is O=C(Nc1ccnn1Cc1ccccc1Cl)c1nn(-c2ccc(F)cc2)c2c1CCCC2. The molecule has 0 unspecified atom stereocenters. The van der Waals surface area contributed by atoms with Crippen molar-refractivity contribution < 1.29 is 9.18 Å². The van der Waals surface area contributed by atoms with Gasteiger partial charge in [-0.2, -0.15) is 10.2 Å². The standard InChI is InChI=1S/C24H21ClFN5O/c25-20-7-3-1-5-16(20)15-30-22(13-14-27-30)28-24(32)23-19-6-2-4-8-21(19)31(29-23)18-11-9-17(26)10-12-18/h1,3,5,7,9-14H,2,4,6,8,15H2,(H,28,32). The third-order valence-electron chi connectivity index (χ3n) is 5.70. The Balaban J connectivity index is 1.44. The average Bonchev–Trinajstić information content (AvgIpc) is 3.40. The van der Waals surface area contributed by atoms with Crippen LogP contribution in [-0.4, -0.2) is 25.5 Å². The van der Waals surface area contributed by atoms with Crippen LogP contribution in [0.5, 0.6) is 0 Å². The molecule has 1 amide bonds.